The van der Waals surface area contributed by atoms with Crippen LogP contribution in [0.5, 0.6) is 0 Å². The Morgan fingerprint density at radius 1 is 0.531 bits per heavy atom. The highest BCUT2D eigenvalue weighted by Gasteiger charge is 2.23. The number of anilines is 1. The van der Waals surface area contributed by atoms with Gasteiger partial charge in [0.1, 0.15) is 0 Å². The fraction of sp³-hybridized carbons (Fsp3) is 0. The lowest BCUT2D eigenvalue weighted by Crippen LogP contribution is -2.36. The molecule has 0 aliphatic carbocycles. The highest BCUT2D eigenvalue weighted by Crippen LogP contribution is 2.35. The molecule has 2 heteroatoms. The SMILES string of the molecule is C(#Cc1ccccc1)C1=C(c2ccccc2)NN(C#Cc2ccccc2)c2ccccc21. The first-order valence-corrected chi connectivity index (χ1v) is 10.5. The minimum atomic E-state index is 0.940. The molecule has 1 heterocycles. The third-order valence-electron chi connectivity index (χ3n) is 5.14. The molecule has 0 radical (unpaired) electrons. The molecule has 4 aromatic carbocycles. The summed E-state index contributed by atoms with van der Waals surface area (Å²) >= 11 is 0. The largest absolute Gasteiger partial charge is 0.285 e. The van der Waals surface area contributed by atoms with E-state index in [9.17, 15) is 0 Å². The number of rotatable bonds is 1. The molecule has 0 aromatic heterocycles. The highest BCUT2D eigenvalue weighted by atomic mass is 15.5. The van der Waals surface area contributed by atoms with Gasteiger partial charge in [-0.25, -0.2) is 5.01 Å². The quantitative estimate of drug-likeness (QED) is 0.392. The number of nitrogens with zero attached hydrogens (tertiary/aromatic N) is 1. The first-order valence-electron chi connectivity index (χ1n) is 10.5. The van der Waals surface area contributed by atoms with Crippen LogP contribution in [-0.4, -0.2) is 0 Å². The number of hydrogen-bond donors (Lipinski definition) is 1. The molecule has 0 fully saturated rings. The Hall–Kier alpha value is -4.66. The van der Waals surface area contributed by atoms with Gasteiger partial charge in [-0.15, -0.1) is 0 Å². The molecular formula is C30H20N2. The van der Waals surface area contributed by atoms with Crippen LogP contribution in [0.3, 0.4) is 0 Å². The second kappa shape index (κ2) is 9.00. The van der Waals surface area contributed by atoms with Crippen molar-refractivity contribution in [2.45, 2.75) is 0 Å². The van der Waals surface area contributed by atoms with E-state index in [2.05, 4.69) is 53.5 Å². The molecule has 0 amide bonds. The zero-order chi connectivity index (χ0) is 21.6. The highest BCUT2D eigenvalue weighted by molar-refractivity contribution is 6.03. The predicted molar refractivity (Wildman–Crippen MR) is 132 cm³/mol. The lowest BCUT2D eigenvalue weighted by Gasteiger charge is -2.30. The van der Waals surface area contributed by atoms with Crippen molar-refractivity contribution in [3.8, 4) is 23.8 Å². The summed E-state index contributed by atoms with van der Waals surface area (Å²) in [6.45, 7) is 0. The number of allylic oxidation sites excluding steroid dienone is 1. The van der Waals surface area contributed by atoms with E-state index in [1.165, 1.54) is 0 Å². The molecule has 2 nitrogen and oxygen atoms in total. The van der Waals surface area contributed by atoms with Gasteiger partial charge in [-0.1, -0.05) is 96.8 Å². The summed E-state index contributed by atoms with van der Waals surface area (Å²) in [7, 11) is 0. The number of nitrogens with one attached hydrogen (secondary N) is 1. The molecule has 0 saturated carbocycles. The van der Waals surface area contributed by atoms with Crippen molar-refractivity contribution in [2.75, 3.05) is 5.01 Å². The smallest absolute Gasteiger partial charge is 0.0809 e. The van der Waals surface area contributed by atoms with Crippen LogP contribution in [-0.2, 0) is 0 Å². The Balaban J connectivity index is 1.65. The maximum Gasteiger partial charge on any atom is 0.0809 e. The Bertz CT molecular complexity index is 1380. The summed E-state index contributed by atoms with van der Waals surface area (Å²) in [5, 5.41) is 1.89. The van der Waals surface area contributed by atoms with Crippen LogP contribution in [0.4, 0.5) is 5.69 Å². The number of fused-ring (bicyclic) bond motifs is 1. The summed E-state index contributed by atoms with van der Waals surface area (Å²) in [4.78, 5) is 0. The number of para-hydroxylation sites is 1. The van der Waals surface area contributed by atoms with Crippen molar-refractivity contribution in [3.63, 3.8) is 0 Å². The van der Waals surface area contributed by atoms with Crippen molar-refractivity contribution < 1.29 is 0 Å². The van der Waals surface area contributed by atoms with Gasteiger partial charge in [0.15, 0.2) is 0 Å². The second-order valence-corrected chi connectivity index (χ2v) is 7.30. The number of hydrazine groups is 1. The maximum absolute atomic E-state index is 3.52. The molecule has 5 rings (SSSR count). The van der Waals surface area contributed by atoms with Crippen LogP contribution >= 0.6 is 0 Å². The van der Waals surface area contributed by atoms with E-state index >= 15 is 0 Å². The van der Waals surface area contributed by atoms with Crippen LogP contribution in [0.1, 0.15) is 22.3 Å². The standard InChI is InChI=1S/C30H20N2/c1-4-12-24(13-5-1)20-21-28-27-18-10-11-19-29(27)32(23-22-25-14-6-2-7-15-25)31-30(28)26-16-8-3-9-17-26/h1-19,31H. The van der Waals surface area contributed by atoms with Crippen molar-refractivity contribution in [2.24, 2.45) is 0 Å². The zero-order valence-electron chi connectivity index (χ0n) is 17.4. The number of benzene rings is 4. The zero-order valence-corrected chi connectivity index (χ0v) is 17.4. The number of hydrogen-bond acceptors (Lipinski definition) is 2. The van der Waals surface area contributed by atoms with Crippen LogP contribution in [0.15, 0.2) is 115 Å². The average Bonchev–Trinajstić information content (AvgIpc) is 2.88. The van der Waals surface area contributed by atoms with Gasteiger partial charge in [-0.2, -0.15) is 0 Å². The lowest BCUT2D eigenvalue weighted by molar-refractivity contribution is 0.911. The van der Waals surface area contributed by atoms with E-state index in [4.69, 9.17) is 0 Å². The Morgan fingerprint density at radius 3 is 1.78 bits per heavy atom. The summed E-state index contributed by atoms with van der Waals surface area (Å²) in [6.07, 6.45) is 0. The van der Waals surface area contributed by atoms with Gasteiger partial charge in [0.05, 0.1) is 17.0 Å². The summed E-state index contributed by atoms with van der Waals surface area (Å²) < 4.78 is 0. The predicted octanol–water partition coefficient (Wildman–Crippen LogP) is 5.94. The van der Waals surface area contributed by atoms with E-state index in [1.807, 2.05) is 96.0 Å². The molecule has 0 saturated heterocycles. The molecule has 32 heavy (non-hydrogen) atoms. The maximum atomic E-state index is 3.52. The average molecular weight is 409 g/mol. The lowest BCUT2D eigenvalue weighted by atomic mass is 9.96. The fourth-order valence-corrected chi connectivity index (χ4v) is 3.57. The molecule has 0 unspecified atom stereocenters. The minimum Gasteiger partial charge on any atom is -0.285 e. The van der Waals surface area contributed by atoms with Crippen LogP contribution in [0, 0.1) is 23.8 Å². The van der Waals surface area contributed by atoms with Gasteiger partial charge >= 0.3 is 0 Å². The molecule has 0 bridgehead atoms. The van der Waals surface area contributed by atoms with E-state index in [-0.39, 0.29) is 0 Å². The normalized spacial score (nSPS) is 11.9. The molecule has 0 atom stereocenters. The van der Waals surface area contributed by atoms with E-state index in [0.29, 0.717) is 0 Å². The molecule has 1 N–H and O–H groups in total. The molecule has 4 aromatic rings. The summed E-state index contributed by atoms with van der Waals surface area (Å²) in [6, 6.07) is 41.8. The Morgan fingerprint density at radius 2 is 1.09 bits per heavy atom. The van der Waals surface area contributed by atoms with Crippen molar-refractivity contribution in [1.29, 1.82) is 0 Å². The van der Waals surface area contributed by atoms with Gasteiger partial charge in [0.2, 0.25) is 0 Å². The second-order valence-electron chi connectivity index (χ2n) is 7.30. The molecule has 1 aliphatic rings. The first kappa shape index (κ1) is 19.3. The van der Waals surface area contributed by atoms with Crippen LogP contribution < -0.4 is 10.4 Å². The molecular weight excluding hydrogens is 388 g/mol. The topological polar surface area (TPSA) is 15.3 Å². The van der Waals surface area contributed by atoms with Crippen molar-refractivity contribution in [3.05, 3.63) is 138 Å². The minimum absolute atomic E-state index is 0.940. The Labute approximate surface area is 188 Å². The summed E-state index contributed by atoms with van der Waals surface area (Å²) in [5.41, 5.74) is 10.5. The van der Waals surface area contributed by atoms with Gasteiger partial charge in [0, 0.05) is 28.3 Å². The van der Waals surface area contributed by atoms with Crippen LogP contribution in [0.25, 0.3) is 11.3 Å². The van der Waals surface area contributed by atoms with Gasteiger partial charge in [0.25, 0.3) is 0 Å². The van der Waals surface area contributed by atoms with Crippen molar-refractivity contribution >= 4 is 17.0 Å². The molecule has 1 aliphatic heterocycles. The van der Waals surface area contributed by atoms with E-state index in [1.54, 1.807) is 0 Å². The molecule has 0 spiro atoms. The molecule has 150 valence electrons. The summed E-state index contributed by atoms with van der Waals surface area (Å²) in [5.74, 6) is 10.0. The third-order valence-corrected chi connectivity index (χ3v) is 5.14. The van der Waals surface area contributed by atoms with E-state index < -0.39 is 0 Å². The van der Waals surface area contributed by atoms with Gasteiger partial charge < -0.3 is 0 Å². The first-order chi connectivity index (χ1) is 15.9. The van der Waals surface area contributed by atoms with Gasteiger partial charge in [-0.3, -0.25) is 5.43 Å². The fourth-order valence-electron chi connectivity index (χ4n) is 3.57. The van der Waals surface area contributed by atoms with E-state index in [0.717, 1.165) is 39.2 Å². The van der Waals surface area contributed by atoms with Crippen LogP contribution in [0.2, 0.25) is 0 Å². The monoisotopic (exact) mass is 408 g/mol. The van der Waals surface area contributed by atoms with Crippen molar-refractivity contribution in [1.82, 2.24) is 5.43 Å². The third kappa shape index (κ3) is 4.12. The Kier molecular flexibility index (Phi) is 5.43. The van der Waals surface area contributed by atoms with Gasteiger partial charge in [-0.05, 0) is 36.3 Å².